The second-order valence-corrected chi connectivity index (χ2v) is 4.36. The largest absolute Gasteiger partial charge is 0.370 e. The summed E-state index contributed by atoms with van der Waals surface area (Å²) in [5.41, 5.74) is 1.58. The normalized spacial score (nSPS) is 12.1. The van der Waals surface area contributed by atoms with Gasteiger partial charge in [-0.15, -0.1) is 0 Å². The molecule has 0 fully saturated rings. The van der Waals surface area contributed by atoms with Crippen molar-refractivity contribution in [1.82, 2.24) is 9.97 Å². The molecule has 100 valence electrons. The maximum atomic E-state index is 11.0. The molecule has 1 aromatic heterocycles. The summed E-state index contributed by atoms with van der Waals surface area (Å²) in [6.45, 7) is 3.91. The van der Waals surface area contributed by atoms with E-state index < -0.39 is 0 Å². The Morgan fingerprint density at radius 2 is 2.32 bits per heavy atom. The summed E-state index contributed by atoms with van der Waals surface area (Å²) in [5, 5.41) is 14.2. The summed E-state index contributed by atoms with van der Waals surface area (Å²) in [7, 11) is 0. The number of nitro groups is 1. The number of nitrogens with one attached hydrogen (secondary N) is 2. The molecule has 0 aliphatic rings. The van der Waals surface area contributed by atoms with Crippen molar-refractivity contribution in [2.24, 2.45) is 0 Å². The summed E-state index contributed by atoms with van der Waals surface area (Å²) in [4.78, 5) is 17.9. The van der Waals surface area contributed by atoms with Crippen LogP contribution in [-0.2, 0) is 0 Å². The van der Waals surface area contributed by atoms with Crippen molar-refractivity contribution in [3.8, 4) is 0 Å². The van der Waals surface area contributed by atoms with Crippen molar-refractivity contribution < 1.29 is 4.92 Å². The number of imidazole rings is 1. The van der Waals surface area contributed by atoms with Gasteiger partial charge in [0.05, 0.1) is 11.0 Å². The predicted molar refractivity (Wildman–Crippen MR) is 73.1 cm³/mol. The van der Waals surface area contributed by atoms with E-state index in [-0.39, 0.29) is 16.7 Å². The molecular weight excluding hydrogens is 244 g/mol. The molecule has 0 aliphatic heterocycles. The number of benzene rings is 1. The van der Waals surface area contributed by atoms with Crippen LogP contribution in [0.1, 0.15) is 30.8 Å². The lowest BCUT2D eigenvalue weighted by Gasteiger charge is -2.16. The zero-order valence-electron chi connectivity index (χ0n) is 10.9. The van der Waals surface area contributed by atoms with Crippen LogP contribution in [0.15, 0.2) is 30.6 Å². The number of aromatic amines is 1. The quantitative estimate of drug-likeness (QED) is 0.638. The minimum atomic E-state index is -0.378. The SMILES string of the molecule is CCC(Nc1cc(C)ccc1[N+](=O)[O-])c1ncc[nH]1. The fourth-order valence-corrected chi connectivity index (χ4v) is 1.94. The second-order valence-electron chi connectivity index (χ2n) is 4.36. The highest BCUT2D eigenvalue weighted by Crippen LogP contribution is 2.29. The molecular formula is C13H16N4O2. The highest BCUT2D eigenvalue weighted by Gasteiger charge is 2.18. The standard InChI is InChI=1S/C13H16N4O2/c1-3-10(13-14-6-7-15-13)16-11-8-9(2)4-5-12(11)17(18)19/h4-8,10,16H,3H2,1-2H3,(H,14,15). The van der Waals surface area contributed by atoms with E-state index in [1.165, 1.54) is 6.07 Å². The first kappa shape index (κ1) is 13.1. The van der Waals surface area contributed by atoms with Gasteiger partial charge in [-0.2, -0.15) is 0 Å². The molecule has 0 spiro atoms. The molecule has 0 saturated heterocycles. The maximum Gasteiger partial charge on any atom is 0.292 e. The van der Waals surface area contributed by atoms with E-state index in [1.54, 1.807) is 24.5 Å². The smallest absolute Gasteiger partial charge is 0.292 e. The fraction of sp³-hybridized carbons (Fsp3) is 0.308. The minimum absolute atomic E-state index is 0.0736. The molecule has 0 amide bonds. The summed E-state index contributed by atoms with van der Waals surface area (Å²) < 4.78 is 0. The van der Waals surface area contributed by atoms with Crippen LogP contribution in [-0.4, -0.2) is 14.9 Å². The van der Waals surface area contributed by atoms with Crippen LogP contribution in [0.25, 0.3) is 0 Å². The molecule has 0 radical (unpaired) electrons. The number of aromatic nitrogens is 2. The van der Waals surface area contributed by atoms with Crippen LogP contribution < -0.4 is 5.32 Å². The van der Waals surface area contributed by atoms with Gasteiger partial charge in [-0.25, -0.2) is 4.98 Å². The van der Waals surface area contributed by atoms with E-state index in [1.807, 2.05) is 13.8 Å². The van der Waals surface area contributed by atoms with Crippen LogP contribution in [0, 0.1) is 17.0 Å². The molecule has 0 aliphatic carbocycles. The number of nitrogens with zero attached hydrogens (tertiary/aromatic N) is 2. The third-order valence-electron chi connectivity index (χ3n) is 2.94. The molecule has 6 nitrogen and oxygen atoms in total. The summed E-state index contributed by atoms with van der Waals surface area (Å²) in [6.07, 6.45) is 4.19. The highest BCUT2D eigenvalue weighted by molar-refractivity contribution is 5.63. The number of hydrogen-bond donors (Lipinski definition) is 2. The van der Waals surface area contributed by atoms with Gasteiger partial charge in [0.25, 0.3) is 5.69 Å². The van der Waals surface area contributed by atoms with Gasteiger partial charge in [0, 0.05) is 18.5 Å². The monoisotopic (exact) mass is 260 g/mol. The van der Waals surface area contributed by atoms with E-state index in [0.29, 0.717) is 5.69 Å². The Bertz CT molecular complexity index is 566. The van der Waals surface area contributed by atoms with Gasteiger partial charge >= 0.3 is 0 Å². The fourth-order valence-electron chi connectivity index (χ4n) is 1.94. The van der Waals surface area contributed by atoms with Gasteiger partial charge in [-0.05, 0) is 25.0 Å². The van der Waals surface area contributed by atoms with Crippen molar-refractivity contribution in [3.05, 3.63) is 52.1 Å². The van der Waals surface area contributed by atoms with E-state index >= 15 is 0 Å². The molecule has 0 bridgehead atoms. The number of hydrogen-bond acceptors (Lipinski definition) is 4. The number of anilines is 1. The van der Waals surface area contributed by atoms with E-state index in [4.69, 9.17) is 0 Å². The van der Waals surface area contributed by atoms with Gasteiger partial charge in [0.2, 0.25) is 0 Å². The molecule has 2 aromatic rings. The topological polar surface area (TPSA) is 83.8 Å². The van der Waals surface area contributed by atoms with Crippen LogP contribution in [0.2, 0.25) is 0 Å². The van der Waals surface area contributed by atoms with Gasteiger partial charge < -0.3 is 10.3 Å². The maximum absolute atomic E-state index is 11.0. The molecule has 1 atom stereocenters. The Morgan fingerprint density at radius 3 is 2.89 bits per heavy atom. The average molecular weight is 260 g/mol. The zero-order valence-corrected chi connectivity index (χ0v) is 10.9. The molecule has 2 rings (SSSR count). The predicted octanol–water partition coefficient (Wildman–Crippen LogP) is 3.19. The third kappa shape index (κ3) is 2.90. The second kappa shape index (κ2) is 5.51. The van der Waals surface area contributed by atoms with Crippen molar-refractivity contribution in [2.75, 3.05) is 5.32 Å². The number of H-pyrrole nitrogens is 1. The Labute approximate surface area is 111 Å². The summed E-state index contributed by atoms with van der Waals surface area (Å²) in [6, 6.07) is 4.96. The van der Waals surface area contributed by atoms with E-state index in [2.05, 4.69) is 15.3 Å². The Balaban J connectivity index is 2.31. The lowest BCUT2D eigenvalue weighted by molar-refractivity contribution is -0.384. The van der Waals surface area contributed by atoms with Gasteiger partial charge in [-0.3, -0.25) is 10.1 Å². The van der Waals surface area contributed by atoms with Crippen molar-refractivity contribution in [2.45, 2.75) is 26.3 Å². The molecule has 0 saturated carbocycles. The Morgan fingerprint density at radius 1 is 1.53 bits per heavy atom. The van der Waals surface area contributed by atoms with E-state index in [9.17, 15) is 10.1 Å². The number of aryl methyl sites for hydroxylation is 1. The lowest BCUT2D eigenvalue weighted by atomic mass is 10.1. The molecule has 19 heavy (non-hydrogen) atoms. The molecule has 6 heteroatoms. The number of nitro benzene ring substituents is 1. The van der Waals surface area contributed by atoms with Gasteiger partial charge in [0.15, 0.2) is 0 Å². The highest BCUT2D eigenvalue weighted by atomic mass is 16.6. The zero-order chi connectivity index (χ0) is 13.8. The number of rotatable bonds is 5. The summed E-state index contributed by atoms with van der Waals surface area (Å²) >= 11 is 0. The first-order valence-corrected chi connectivity index (χ1v) is 6.12. The first-order chi connectivity index (χ1) is 9.11. The van der Waals surface area contributed by atoms with Gasteiger partial charge in [-0.1, -0.05) is 13.0 Å². The third-order valence-corrected chi connectivity index (χ3v) is 2.94. The first-order valence-electron chi connectivity index (χ1n) is 6.12. The summed E-state index contributed by atoms with van der Waals surface area (Å²) in [5.74, 6) is 0.776. The van der Waals surface area contributed by atoms with Crippen LogP contribution >= 0.6 is 0 Å². The average Bonchev–Trinajstić information content (AvgIpc) is 2.89. The Hall–Kier alpha value is -2.37. The Kier molecular flexibility index (Phi) is 3.79. The van der Waals surface area contributed by atoms with Crippen molar-refractivity contribution in [1.29, 1.82) is 0 Å². The van der Waals surface area contributed by atoms with Crippen LogP contribution in [0.4, 0.5) is 11.4 Å². The van der Waals surface area contributed by atoms with Crippen molar-refractivity contribution in [3.63, 3.8) is 0 Å². The molecule has 1 heterocycles. The molecule has 1 unspecified atom stereocenters. The van der Waals surface area contributed by atoms with Crippen molar-refractivity contribution >= 4 is 11.4 Å². The van der Waals surface area contributed by atoms with E-state index in [0.717, 1.165) is 17.8 Å². The van der Waals surface area contributed by atoms with Crippen LogP contribution in [0.3, 0.4) is 0 Å². The van der Waals surface area contributed by atoms with Crippen LogP contribution in [0.5, 0.6) is 0 Å². The lowest BCUT2D eigenvalue weighted by Crippen LogP contribution is -2.12. The molecule has 2 N–H and O–H groups in total. The van der Waals surface area contributed by atoms with Gasteiger partial charge in [0.1, 0.15) is 11.5 Å². The minimum Gasteiger partial charge on any atom is -0.370 e. The molecule has 1 aromatic carbocycles.